The van der Waals surface area contributed by atoms with Crippen molar-refractivity contribution >= 4 is 27.5 Å². The van der Waals surface area contributed by atoms with E-state index in [1.54, 1.807) is 18.2 Å². The first-order valence-electron chi connectivity index (χ1n) is 6.04. The van der Waals surface area contributed by atoms with Crippen molar-refractivity contribution in [2.75, 3.05) is 19.5 Å². The van der Waals surface area contributed by atoms with Crippen LogP contribution < -0.4 is 14.8 Å². The van der Waals surface area contributed by atoms with Crippen molar-refractivity contribution in [3.8, 4) is 11.5 Å². The summed E-state index contributed by atoms with van der Waals surface area (Å²) in [7, 11) is 3.03. The van der Waals surface area contributed by atoms with Crippen molar-refractivity contribution < 1.29 is 18.7 Å². The van der Waals surface area contributed by atoms with E-state index in [2.05, 4.69) is 21.2 Å². The first-order valence-corrected chi connectivity index (χ1v) is 6.83. The van der Waals surface area contributed by atoms with Crippen molar-refractivity contribution in [1.29, 1.82) is 0 Å². The highest BCUT2D eigenvalue weighted by Crippen LogP contribution is 2.30. The Morgan fingerprint density at radius 2 is 1.86 bits per heavy atom. The first kappa shape index (κ1) is 15.3. The van der Waals surface area contributed by atoms with Crippen LogP contribution in [0.2, 0.25) is 0 Å². The summed E-state index contributed by atoms with van der Waals surface area (Å²) in [5.74, 6) is 0.139. The van der Waals surface area contributed by atoms with Crippen LogP contribution in [-0.4, -0.2) is 20.1 Å². The molecule has 4 nitrogen and oxygen atoms in total. The van der Waals surface area contributed by atoms with E-state index in [1.807, 2.05) is 0 Å². The van der Waals surface area contributed by atoms with Crippen LogP contribution in [-0.2, 0) is 0 Å². The van der Waals surface area contributed by atoms with Crippen LogP contribution in [0.25, 0.3) is 0 Å². The van der Waals surface area contributed by atoms with Gasteiger partial charge >= 0.3 is 0 Å². The number of halogens is 2. The van der Waals surface area contributed by atoms with Gasteiger partial charge in [0.25, 0.3) is 5.91 Å². The number of methoxy groups -OCH3 is 2. The van der Waals surface area contributed by atoms with Gasteiger partial charge in [-0.05, 0) is 40.2 Å². The van der Waals surface area contributed by atoms with Gasteiger partial charge in [0.15, 0.2) is 11.5 Å². The molecule has 0 aliphatic rings. The minimum Gasteiger partial charge on any atom is -0.493 e. The zero-order chi connectivity index (χ0) is 15.4. The van der Waals surface area contributed by atoms with Gasteiger partial charge < -0.3 is 14.8 Å². The monoisotopic (exact) mass is 353 g/mol. The van der Waals surface area contributed by atoms with E-state index < -0.39 is 11.7 Å². The average Bonchev–Trinajstić information content (AvgIpc) is 2.49. The Morgan fingerprint density at radius 1 is 1.14 bits per heavy atom. The van der Waals surface area contributed by atoms with Crippen LogP contribution in [0.15, 0.2) is 40.9 Å². The Labute approximate surface area is 130 Å². The quantitative estimate of drug-likeness (QED) is 0.907. The number of amides is 1. The molecule has 0 aliphatic carbocycles. The van der Waals surface area contributed by atoms with Gasteiger partial charge in [0, 0.05) is 11.8 Å². The number of hydrogen-bond acceptors (Lipinski definition) is 3. The summed E-state index contributed by atoms with van der Waals surface area (Å²) in [6, 6.07) is 9.26. The lowest BCUT2D eigenvalue weighted by Crippen LogP contribution is -2.13. The predicted molar refractivity (Wildman–Crippen MR) is 81.6 cm³/mol. The van der Waals surface area contributed by atoms with Crippen LogP contribution >= 0.6 is 15.9 Å². The molecule has 0 atom stereocenters. The molecule has 0 fully saturated rings. The molecule has 110 valence electrons. The number of carbonyl (C=O) groups excluding carboxylic acids is 1. The lowest BCUT2D eigenvalue weighted by molar-refractivity contribution is 0.102. The second kappa shape index (κ2) is 6.58. The van der Waals surface area contributed by atoms with Crippen molar-refractivity contribution in [2.24, 2.45) is 0 Å². The van der Waals surface area contributed by atoms with Gasteiger partial charge in [-0.3, -0.25) is 4.79 Å². The Morgan fingerprint density at radius 3 is 2.52 bits per heavy atom. The predicted octanol–water partition coefficient (Wildman–Crippen LogP) is 3.86. The van der Waals surface area contributed by atoms with E-state index in [1.165, 1.54) is 32.4 Å². The third-order valence-corrected chi connectivity index (χ3v) is 3.64. The topological polar surface area (TPSA) is 47.6 Å². The summed E-state index contributed by atoms with van der Waals surface area (Å²) in [5, 5.41) is 2.68. The van der Waals surface area contributed by atoms with Crippen LogP contribution in [0, 0.1) is 5.82 Å². The molecule has 0 saturated heterocycles. The molecule has 0 unspecified atom stereocenters. The van der Waals surface area contributed by atoms with Crippen LogP contribution in [0.1, 0.15) is 10.4 Å². The number of benzene rings is 2. The summed E-state index contributed by atoms with van der Waals surface area (Å²) in [6.07, 6.45) is 0. The molecule has 0 heterocycles. The van der Waals surface area contributed by atoms with Gasteiger partial charge in [-0.2, -0.15) is 0 Å². The summed E-state index contributed by atoms with van der Waals surface area (Å²) in [6.45, 7) is 0. The lowest BCUT2D eigenvalue weighted by Gasteiger charge is -2.11. The molecule has 1 N–H and O–H groups in total. The normalized spacial score (nSPS) is 10.1. The molecule has 0 radical (unpaired) electrons. The molecule has 0 spiro atoms. The number of carbonyl (C=O) groups is 1. The highest BCUT2D eigenvalue weighted by Gasteiger charge is 2.14. The smallest absolute Gasteiger partial charge is 0.256 e. The summed E-state index contributed by atoms with van der Waals surface area (Å²) in [5.41, 5.74) is 0.735. The number of hydrogen-bond donors (Lipinski definition) is 1. The molecule has 2 aromatic rings. The standard InChI is InChI=1S/C15H13BrFNO3/c1-20-12-7-6-9(8-13(12)21-2)18-15(19)10-4-3-5-11(17)14(10)16/h3-8H,1-2H3,(H,18,19). The summed E-state index contributed by atoms with van der Waals surface area (Å²) < 4.78 is 23.8. The minimum atomic E-state index is -0.491. The van der Waals surface area contributed by atoms with E-state index in [-0.39, 0.29) is 10.0 Å². The van der Waals surface area contributed by atoms with E-state index in [4.69, 9.17) is 9.47 Å². The SMILES string of the molecule is COc1ccc(NC(=O)c2cccc(F)c2Br)cc1OC. The lowest BCUT2D eigenvalue weighted by atomic mass is 10.2. The van der Waals surface area contributed by atoms with Gasteiger partial charge in [-0.1, -0.05) is 6.07 Å². The molecule has 21 heavy (non-hydrogen) atoms. The molecule has 1 amide bonds. The van der Waals surface area contributed by atoms with Gasteiger partial charge in [0.05, 0.1) is 24.3 Å². The van der Waals surface area contributed by atoms with Crippen molar-refractivity contribution in [1.82, 2.24) is 0 Å². The Bertz CT molecular complexity index is 676. The average molecular weight is 354 g/mol. The second-order valence-electron chi connectivity index (χ2n) is 4.13. The van der Waals surface area contributed by atoms with Gasteiger partial charge in [0.1, 0.15) is 5.82 Å². The zero-order valence-corrected chi connectivity index (χ0v) is 13.0. The fraction of sp³-hybridized carbons (Fsp3) is 0.133. The van der Waals surface area contributed by atoms with Crippen molar-refractivity contribution in [3.05, 3.63) is 52.3 Å². The molecular weight excluding hydrogens is 341 g/mol. The third-order valence-electron chi connectivity index (χ3n) is 2.84. The van der Waals surface area contributed by atoms with Crippen LogP contribution in [0.5, 0.6) is 11.5 Å². The van der Waals surface area contributed by atoms with Gasteiger partial charge in [0.2, 0.25) is 0 Å². The van der Waals surface area contributed by atoms with Gasteiger partial charge in [-0.25, -0.2) is 4.39 Å². The fourth-order valence-electron chi connectivity index (χ4n) is 1.79. The highest BCUT2D eigenvalue weighted by atomic mass is 79.9. The van der Waals surface area contributed by atoms with Gasteiger partial charge in [-0.15, -0.1) is 0 Å². The molecule has 6 heteroatoms. The van der Waals surface area contributed by atoms with Crippen LogP contribution in [0.3, 0.4) is 0 Å². The van der Waals surface area contributed by atoms with E-state index in [0.717, 1.165) is 0 Å². The Balaban J connectivity index is 2.25. The largest absolute Gasteiger partial charge is 0.493 e. The second-order valence-corrected chi connectivity index (χ2v) is 4.92. The van der Waals surface area contributed by atoms with E-state index in [0.29, 0.717) is 17.2 Å². The molecule has 2 rings (SSSR count). The van der Waals surface area contributed by atoms with Crippen molar-refractivity contribution in [3.63, 3.8) is 0 Å². The van der Waals surface area contributed by atoms with E-state index in [9.17, 15) is 9.18 Å². The molecule has 0 bridgehead atoms. The first-order chi connectivity index (χ1) is 10.1. The summed E-state index contributed by atoms with van der Waals surface area (Å²) in [4.78, 5) is 12.2. The van der Waals surface area contributed by atoms with Crippen molar-refractivity contribution in [2.45, 2.75) is 0 Å². The highest BCUT2D eigenvalue weighted by molar-refractivity contribution is 9.10. The number of ether oxygens (including phenoxy) is 2. The Hall–Kier alpha value is -2.08. The number of rotatable bonds is 4. The fourth-order valence-corrected chi connectivity index (χ4v) is 2.24. The molecule has 0 aromatic heterocycles. The molecule has 0 saturated carbocycles. The number of anilines is 1. The maximum Gasteiger partial charge on any atom is 0.256 e. The van der Waals surface area contributed by atoms with Crippen LogP contribution in [0.4, 0.5) is 10.1 Å². The maximum absolute atomic E-state index is 13.4. The zero-order valence-electron chi connectivity index (χ0n) is 11.4. The molecule has 0 aliphatic heterocycles. The summed E-state index contributed by atoms with van der Waals surface area (Å²) >= 11 is 3.06. The number of nitrogens with one attached hydrogen (secondary N) is 1. The molecular formula is C15H13BrFNO3. The third kappa shape index (κ3) is 3.33. The van der Waals surface area contributed by atoms with E-state index >= 15 is 0 Å². The Kier molecular flexibility index (Phi) is 4.80. The minimum absolute atomic E-state index is 0.128. The molecule has 2 aromatic carbocycles. The maximum atomic E-state index is 13.4.